The highest BCUT2D eigenvalue weighted by Crippen LogP contribution is 2.22. The first kappa shape index (κ1) is 11.7. The van der Waals surface area contributed by atoms with Crippen molar-refractivity contribution in [3.8, 4) is 6.07 Å². The summed E-state index contributed by atoms with van der Waals surface area (Å²) in [5.41, 5.74) is 7.77. The van der Waals surface area contributed by atoms with Crippen molar-refractivity contribution in [1.29, 1.82) is 5.26 Å². The summed E-state index contributed by atoms with van der Waals surface area (Å²) in [5, 5.41) is 12.2. The molecule has 2 rings (SSSR count). The average molecular weight is 231 g/mol. The zero-order valence-corrected chi connectivity index (χ0v) is 9.94. The van der Waals surface area contributed by atoms with Gasteiger partial charge in [-0.15, -0.1) is 0 Å². The Hall–Kier alpha value is -1.73. The van der Waals surface area contributed by atoms with Crippen LogP contribution in [0, 0.1) is 17.2 Å². The number of ether oxygens (including phenoxy) is 1. The van der Waals surface area contributed by atoms with Crippen LogP contribution in [0.3, 0.4) is 0 Å². The monoisotopic (exact) mass is 231 g/mol. The highest BCUT2D eigenvalue weighted by molar-refractivity contribution is 5.62. The number of hydrogen-bond donors (Lipinski definition) is 2. The molecule has 0 bridgehead atoms. The first-order chi connectivity index (χ1) is 8.20. The van der Waals surface area contributed by atoms with Crippen LogP contribution in [0.25, 0.3) is 0 Å². The van der Waals surface area contributed by atoms with E-state index in [1.807, 2.05) is 12.1 Å². The lowest BCUT2D eigenvalue weighted by Crippen LogP contribution is -2.26. The van der Waals surface area contributed by atoms with Crippen molar-refractivity contribution in [1.82, 2.24) is 0 Å². The first-order valence-electron chi connectivity index (χ1n) is 5.84. The largest absolute Gasteiger partial charge is 0.398 e. The van der Waals surface area contributed by atoms with E-state index in [0.717, 1.165) is 25.3 Å². The SMILES string of the molecule is CC(Nc1ccc(C#N)c(N)c1)C1CCOC1. The van der Waals surface area contributed by atoms with Crippen LogP contribution in [0.5, 0.6) is 0 Å². The summed E-state index contributed by atoms with van der Waals surface area (Å²) in [4.78, 5) is 0. The van der Waals surface area contributed by atoms with Gasteiger partial charge in [-0.1, -0.05) is 0 Å². The molecule has 1 saturated heterocycles. The molecule has 4 heteroatoms. The summed E-state index contributed by atoms with van der Waals surface area (Å²) in [6, 6.07) is 7.86. The maximum atomic E-state index is 8.80. The fourth-order valence-electron chi connectivity index (χ4n) is 2.08. The Morgan fingerprint density at radius 3 is 3.00 bits per heavy atom. The molecule has 1 heterocycles. The van der Waals surface area contributed by atoms with Gasteiger partial charge in [-0.05, 0) is 31.5 Å². The van der Waals surface area contributed by atoms with Gasteiger partial charge in [0.2, 0.25) is 0 Å². The van der Waals surface area contributed by atoms with E-state index in [1.165, 1.54) is 0 Å². The lowest BCUT2D eigenvalue weighted by molar-refractivity contribution is 0.183. The molecule has 17 heavy (non-hydrogen) atoms. The van der Waals surface area contributed by atoms with Crippen molar-refractivity contribution in [2.45, 2.75) is 19.4 Å². The predicted molar refractivity (Wildman–Crippen MR) is 67.6 cm³/mol. The van der Waals surface area contributed by atoms with Crippen LogP contribution in [0.4, 0.5) is 11.4 Å². The molecule has 2 unspecified atom stereocenters. The molecular formula is C13H17N3O. The van der Waals surface area contributed by atoms with Gasteiger partial charge < -0.3 is 15.8 Å². The van der Waals surface area contributed by atoms with E-state index in [9.17, 15) is 0 Å². The number of hydrogen-bond acceptors (Lipinski definition) is 4. The molecule has 4 nitrogen and oxygen atoms in total. The fourth-order valence-corrected chi connectivity index (χ4v) is 2.08. The Balaban J connectivity index is 2.03. The Kier molecular flexibility index (Phi) is 3.50. The summed E-state index contributed by atoms with van der Waals surface area (Å²) >= 11 is 0. The summed E-state index contributed by atoms with van der Waals surface area (Å²) < 4.78 is 5.37. The maximum Gasteiger partial charge on any atom is 0.101 e. The minimum Gasteiger partial charge on any atom is -0.398 e. The standard InChI is InChI=1S/C13H17N3O/c1-9(11-4-5-17-8-11)16-12-3-2-10(7-14)13(15)6-12/h2-3,6,9,11,16H,4-5,8,15H2,1H3. The molecule has 1 fully saturated rings. The van der Waals surface area contributed by atoms with E-state index in [4.69, 9.17) is 15.7 Å². The molecule has 0 amide bonds. The molecule has 1 aliphatic heterocycles. The Morgan fingerprint density at radius 1 is 1.59 bits per heavy atom. The van der Waals surface area contributed by atoms with E-state index in [1.54, 1.807) is 6.07 Å². The molecule has 0 saturated carbocycles. The Labute approximate surface area is 101 Å². The number of nitrogens with zero attached hydrogens (tertiary/aromatic N) is 1. The van der Waals surface area contributed by atoms with E-state index in [0.29, 0.717) is 23.2 Å². The molecule has 1 aromatic rings. The lowest BCUT2D eigenvalue weighted by atomic mass is 10.0. The predicted octanol–water partition coefficient (Wildman–Crippen LogP) is 1.98. The number of nitrogen functional groups attached to an aromatic ring is 1. The van der Waals surface area contributed by atoms with Crippen LogP contribution >= 0.6 is 0 Å². The summed E-state index contributed by atoms with van der Waals surface area (Å²) in [5.74, 6) is 0.548. The van der Waals surface area contributed by atoms with E-state index in [-0.39, 0.29) is 0 Å². The van der Waals surface area contributed by atoms with Crippen molar-refractivity contribution < 1.29 is 4.74 Å². The topological polar surface area (TPSA) is 71.1 Å². The molecule has 3 N–H and O–H groups in total. The Bertz CT molecular complexity index is 433. The van der Waals surface area contributed by atoms with Gasteiger partial charge in [0.1, 0.15) is 6.07 Å². The van der Waals surface area contributed by atoms with Crippen molar-refractivity contribution in [3.63, 3.8) is 0 Å². The lowest BCUT2D eigenvalue weighted by Gasteiger charge is -2.20. The molecular weight excluding hydrogens is 214 g/mol. The molecule has 0 spiro atoms. The maximum absolute atomic E-state index is 8.80. The van der Waals surface area contributed by atoms with Crippen molar-refractivity contribution in [2.24, 2.45) is 5.92 Å². The first-order valence-corrected chi connectivity index (χ1v) is 5.84. The number of nitriles is 1. The molecule has 90 valence electrons. The second-order valence-electron chi connectivity index (χ2n) is 4.47. The minimum absolute atomic E-state index is 0.352. The number of benzene rings is 1. The van der Waals surface area contributed by atoms with Crippen LogP contribution in [-0.4, -0.2) is 19.3 Å². The third kappa shape index (κ3) is 2.69. The second-order valence-corrected chi connectivity index (χ2v) is 4.47. The average Bonchev–Trinajstić information content (AvgIpc) is 2.82. The number of rotatable bonds is 3. The number of nitrogens with two attached hydrogens (primary N) is 1. The zero-order valence-electron chi connectivity index (χ0n) is 9.94. The van der Waals surface area contributed by atoms with Crippen molar-refractivity contribution in [3.05, 3.63) is 23.8 Å². The second kappa shape index (κ2) is 5.07. The quantitative estimate of drug-likeness (QED) is 0.780. The van der Waals surface area contributed by atoms with Crippen LogP contribution in [0.1, 0.15) is 18.9 Å². The van der Waals surface area contributed by atoms with Gasteiger partial charge in [-0.2, -0.15) is 5.26 Å². The fraction of sp³-hybridized carbons (Fsp3) is 0.462. The van der Waals surface area contributed by atoms with Gasteiger partial charge in [0.15, 0.2) is 0 Å². The van der Waals surface area contributed by atoms with Crippen LogP contribution in [0.2, 0.25) is 0 Å². The van der Waals surface area contributed by atoms with Gasteiger partial charge in [0, 0.05) is 24.3 Å². The van der Waals surface area contributed by atoms with Crippen LogP contribution in [0.15, 0.2) is 18.2 Å². The highest BCUT2D eigenvalue weighted by atomic mass is 16.5. The van der Waals surface area contributed by atoms with Gasteiger partial charge in [-0.3, -0.25) is 0 Å². The van der Waals surface area contributed by atoms with Gasteiger partial charge in [-0.25, -0.2) is 0 Å². The minimum atomic E-state index is 0.352. The zero-order chi connectivity index (χ0) is 12.3. The van der Waals surface area contributed by atoms with Crippen LogP contribution < -0.4 is 11.1 Å². The third-order valence-corrected chi connectivity index (χ3v) is 3.24. The van der Waals surface area contributed by atoms with E-state index >= 15 is 0 Å². The van der Waals surface area contributed by atoms with Gasteiger partial charge in [0.05, 0.1) is 17.9 Å². The normalized spacial score (nSPS) is 20.8. The van der Waals surface area contributed by atoms with Gasteiger partial charge >= 0.3 is 0 Å². The summed E-state index contributed by atoms with van der Waals surface area (Å²) in [7, 11) is 0. The smallest absolute Gasteiger partial charge is 0.101 e. The molecule has 0 aromatic heterocycles. The van der Waals surface area contributed by atoms with Crippen LogP contribution in [-0.2, 0) is 4.74 Å². The molecule has 0 radical (unpaired) electrons. The summed E-state index contributed by atoms with van der Waals surface area (Å²) in [6.45, 7) is 3.82. The van der Waals surface area contributed by atoms with E-state index < -0.39 is 0 Å². The van der Waals surface area contributed by atoms with Gasteiger partial charge in [0.25, 0.3) is 0 Å². The summed E-state index contributed by atoms with van der Waals surface area (Å²) in [6.07, 6.45) is 1.10. The number of nitrogens with one attached hydrogen (secondary N) is 1. The van der Waals surface area contributed by atoms with Crippen molar-refractivity contribution >= 4 is 11.4 Å². The molecule has 1 aromatic carbocycles. The highest BCUT2D eigenvalue weighted by Gasteiger charge is 2.22. The molecule has 0 aliphatic carbocycles. The molecule has 2 atom stereocenters. The number of anilines is 2. The Morgan fingerprint density at radius 2 is 2.41 bits per heavy atom. The third-order valence-electron chi connectivity index (χ3n) is 3.24. The van der Waals surface area contributed by atoms with E-state index in [2.05, 4.69) is 18.3 Å². The van der Waals surface area contributed by atoms with Crippen molar-refractivity contribution in [2.75, 3.05) is 24.3 Å². The molecule has 1 aliphatic rings.